The van der Waals surface area contributed by atoms with Gasteiger partial charge in [0.2, 0.25) is 0 Å². The van der Waals surface area contributed by atoms with Crippen molar-refractivity contribution in [1.29, 1.82) is 0 Å². The molecule has 6 nitrogen and oxygen atoms in total. The molecule has 1 saturated carbocycles. The van der Waals surface area contributed by atoms with Gasteiger partial charge < -0.3 is 20.5 Å². The number of carboxylic acids is 1. The van der Waals surface area contributed by atoms with E-state index in [9.17, 15) is 14.7 Å². The Balaban J connectivity index is 1.85. The molecule has 1 heterocycles. The zero-order valence-corrected chi connectivity index (χ0v) is 12.7. The maximum absolute atomic E-state index is 12.1. The summed E-state index contributed by atoms with van der Waals surface area (Å²) in [6.07, 6.45) is 6.35. The largest absolute Gasteiger partial charge is 0.481 e. The van der Waals surface area contributed by atoms with Crippen LogP contribution >= 0.6 is 0 Å². The van der Waals surface area contributed by atoms with E-state index in [2.05, 4.69) is 17.6 Å². The molecule has 0 bridgehead atoms. The van der Waals surface area contributed by atoms with Crippen LogP contribution in [0.4, 0.5) is 4.79 Å². The van der Waals surface area contributed by atoms with Gasteiger partial charge in [-0.15, -0.1) is 0 Å². The first-order chi connectivity index (χ1) is 9.96. The second-order valence-electron chi connectivity index (χ2n) is 6.63. The minimum Gasteiger partial charge on any atom is -0.481 e. The summed E-state index contributed by atoms with van der Waals surface area (Å²) in [5.74, 6) is -0.852. The highest BCUT2D eigenvalue weighted by atomic mass is 16.5. The van der Waals surface area contributed by atoms with Crippen molar-refractivity contribution < 1.29 is 19.4 Å². The third-order valence-corrected chi connectivity index (χ3v) is 4.86. The smallest absolute Gasteiger partial charge is 0.315 e. The van der Waals surface area contributed by atoms with Crippen LogP contribution in [0.3, 0.4) is 0 Å². The first-order valence-corrected chi connectivity index (χ1v) is 7.83. The van der Waals surface area contributed by atoms with Gasteiger partial charge in [0.05, 0.1) is 5.41 Å². The Labute approximate surface area is 125 Å². The zero-order chi connectivity index (χ0) is 15.3. The lowest BCUT2D eigenvalue weighted by molar-refractivity contribution is -0.154. The maximum atomic E-state index is 12.1. The number of carboxylic acid groups (broad SMARTS) is 1. The average molecular weight is 298 g/mol. The molecule has 0 spiro atoms. The summed E-state index contributed by atoms with van der Waals surface area (Å²) >= 11 is 0. The predicted octanol–water partition coefficient (Wildman–Crippen LogP) is 1.89. The molecule has 120 valence electrons. The van der Waals surface area contributed by atoms with Crippen LogP contribution in [0.15, 0.2) is 0 Å². The van der Waals surface area contributed by atoms with Gasteiger partial charge in [-0.3, -0.25) is 4.79 Å². The van der Waals surface area contributed by atoms with E-state index in [0.29, 0.717) is 26.1 Å². The summed E-state index contributed by atoms with van der Waals surface area (Å²) in [5.41, 5.74) is -1.04. The van der Waals surface area contributed by atoms with E-state index < -0.39 is 11.4 Å². The van der Waals surface area contributed by atoms with Gasteiger partial charge in [-0.25, -0.2) is 4.79 Å². The van der Waals surface area contributed by atoms with Crippen molar-refractivity contribution in [3.8, 4) is 0 Å². The highest BCUT2D eigenvalue weighted by molar-refractivity contribution is 5.78. The number of carbonyl (C=O) groups excluding carboxylic acids is 1. The van der Waals surface area contributed by atoms with Gasteiger partial charge in [0.15, 0.2) is 0 Å². The Kier molecular flexibility index (Phi) is 5.08. The number of amides is 2. The van der Waals surface area contributed by atoms with Gasteiger partial charge in [-0.1, -0.05) is 19.3 Å². The first kappa shape index (κ1) is 16.1. The lowest BCUT2D eigenvalue weighted by atomic mass is 9.80. The van der Waals surface area contributed by atoms with Crippen molar-refractivity contribution in [2.45, 2.75) is 57.4 Å². The number of urea groups is 1. The predicted molar refractivity (Wildman–Crippen MR) is 78.1 cm³/mol. The van der Waals surface area contributed by atoms with E-state index in [1.54, 1.807) is 0 Å². The highest BCUT2D eigenvalue weighted by Gasteiger charge is 2.40. The molecular weight excluding hydrogens is 272 g/mol. The van der Waals surface area contributed by atoms with Gasteiger partial charge >= 0.3 is 12.0 Å². The SMILES string of the molecule is CC1(NC(=O)NCC2(C(=O)O)CCOCC2)CCCCC1. The quantitative estimate of drug-likeness (QED) is 0.739. The monoisotopic (exact) mass is 298 g/mol. The van der Waals surface area contributed by atoms with Gasteiger partial charge in [0, 0.05) is 25.3 Å². The fourth-order valence-corrected chi connectivity index (χ4v) is 3.25. The lowest BCUT2D eigenvalue weighted by Crippen LogP contribution is -2.54. The van der Waals surface area contributed by atoms with Gasteiger partial charge in [-0.2, -0.15) is 0 Å². The van der Waals surface area contributed by atoms with Crippen molar-refractivity contribution in [3.05, 3.63) is 0 Å². The number of carbonyl (C=O) groups is 2. The summed E-state index contributed by atoms with van der Waals surface area (Å²) in [6, 6.07) is -0.258. The average Bonchev–Trinajstić information content (AvgIpc) is 2.46. The molecule has 1 saturated heterocycles. The summed E-state index contributed by atoms with van der Waals surface area (Å²) in [4.78, 5) is 23.6. The Hall–Kier alpha value is -1.30. The van der Waals surface area contributed by atoms with E-state index in [1.807, 2.05) is 0 Å². The summed E-state index contributed by atoms with van der Waals surface area (Å²) in [6.45, 7) is 3.10. The Morgan fingerprint density at radius 2 is 1.71 bits per heavy atom. The first-order valence-electron chi connectivity index (χ1n) is 7.83. The fraction of sp³-hybridized carbons (Fsp3) is 0.867. The van der Waals surface area contributed by atoms with Crippen LogP contribution in [0.1, 0.15) is 51.9 Å². The standard InChI is InChI=1S/C15H26N2O4/c1-14(5-3-2-4-6-14)17-13(20)16-11-15(12(18)19)7-9-21-10-8-15/h2-11H2,1H3,(H,18,19)(H2,16,17,20). The second kappa shape index (κ2) is 6.64. The molecular formula is C15H26N2O4. The second-order valence-corrected chi connectivity index (χ2v) is 6.63. The number of hydrogen-bond acceptors (Lipinski definition) is 3. The molecule has 6 heteroatoms. The van der Waals surface area contributed by atoms with E-state index >= 15 is 0 Å². The Morgan fingerprint density at radius 1 is 1.10 bits per heavy atom. The Morgan fingerprint density at radius 3 is 2.29 bits per heavy atom. The van der Waals surface area contributed by atoms with Gasteiger partial charge in [0.25, 0.3) is 0 Å². The maximum Gasteiger partial charge on any atom is 0.315 e. The minimum atomic E-state index is -0.886. The molecule has 2 fully saturated rings. The normalized spacial score (nSPS) is 24.0. The number of hydrogen-bond donors (Lipinski definition) is 3. The van der Waals surface area contributed by atoms with Crippen LogP contribution < -0.4 is 10.6 Å². The summed E-state index contributed by atoms with van der Waals surface area (Å²) < 4.78 is 5.23. The molecule has 0 aromatic heterocycles. The number of aliphatic carboxylic acids is 1. The molecule has 0 aromatic carbocycles. The number of rotatable bonds is 4. The molecule has 0 unspecified atom stereocenters. The lowest BCUT2D eigenvalue weighted by Gasteiger charge is -2.36. The van der Waals surface area contributed by atoms with Crippen LogP contribution in [0, 0.1) is 5.41 Å². The zero-order valence-electron chi connectivity index (χ0n) is 12.7. The third-order valence-electron chi connectivity index (χ3n) is 4.86. The van der Waals surface area contributed by atoms with Crippen molar-refractivity contribution in [1.82, 2.24) is 10.6 Å². The van der Waals surface area contributed by atoms with Crippen LogP contribution in [0.2, 0.25) is 0 Å². The van der Waals surface area contributed by atoms with E-state index in [0.717, 1.165) is 25.7 Å². The molecule has 2 rings (SSSR count). The third kappa shape index (κ3) is 4.09. The molecule has 21 heavy (non-hydrogen) atoms. The van der Waals surface area contributed by atoms with E-state index in [1.165, 1.54) is 6.42 Å². The van der Waals surface area contributed by atoms with E-state index in [-0.39, 0.29) is 18.1 Å². The molecule has 0 aromatic rings. The Bertz CT molecular complexity index is 385. The molecule has 3 N–H and O–H groups in total. The van der Waals surface area contributed by atoms with Crippen LogP contribution in [0.5, 0.6) is 0 Å². The van der Waals surface area contributed by atoms with E-state index in [4.69, 9.17) is 4.74 Å². The van der Waals surface area contributed by atoms with Gasteiger partial charge in [-0.05, 0) is 32.6 Å². The highest BCUT2D eigenvalue weighted by Crippen LogP contribution is 2.30. The topological polar surface area (TPSA) is 87.7 Å². The summed E-state index contributed by atoms with van der Waals surface area (Å²) in [5, 5.41) is 15.2. The number of nitrogens with one attached hydrogen (secondary N) is 2. The van der Waals surface area contributed by atoms with Crippen LogP contribution in [-0.4, -0.2) is 42.4 Å². The molecule has 1 aliphatic heterocycles. The molecule has 1 aliphatic carbocycles. The number of ether oxygens (including phenoxy) is 1. The van der Waals surface area contributed by atoms with Crippen molar-refractivity contribution >= 4 is 12.0 Å². The van der Waals surface area contributed by atoms with Crippen molar-refractivity contribution in [2.75, 3.05) is 19.8 Å². The fourth-order valence-electron chi connectivity index (χ4n) is 3.25. The molecule has 0 atom stereocenters. The minimum absolute atomic E-state index is 0.158. The van der Waals surface area contributed by atoms with Crippen LogP contribution in [-0.2, 0) is 9.53 Å². The van der Waals surface area contributed by atoms with Gasteiger partial charge in [0.1, 0.15) is 0 Å². The molecule has 2 amide bonds. The molecule has 2 aliphatic rings. The van der Waals surface area contributed by atoms with Crippen LogP contribution in [0.25, 0.3) is 0 Å². The summed E-state index contributed by atoms with van der Waals surface area (Å²) in [7, 11) is 0. The molecule has 0 radical (unpaired) electrons. The van der Waals surface area contributed by atoms with Crippen molar-refractivity contribution in [2.24, 2.45) is 5.41 Å². The van der Waals surface area contributed by atoms with Crippen molar-refractivity contribution in [3.63, 3.8) is 0 Å².